The topological polar surface area (TPSA) is 288 Å². The van der Waals surface area contributed by atoms with Crippen LogP contribution in [0.2, 0.25) is 0 Å². The van der Waals surface area contributed by atoms with Crippen LogP contribution in [0.3, 0.4) is 0 Å². The predicted octanol–water partition coefficient (Wildman–Crippen LogP) is 6.75. The molecule has 0 aromatic carbocycles. The third kappa shape index (κ3) is 23.0. The predicted molar refractivity (Wildman–Crippen MR) is 245 cm³/mol. The van der Waals surface area contributed by atoms with Gasteiger partial charge >= 0.3 is 53.7 Å². The van der Waals surface area contributed by atoms with Gasteiger partial charge in [0.25, 0.3) is 0 Å². The Labute approximate surface area is 402 Å². The summed E-state index contributed by atoms with van der Waals surface area (Å²) in [5.74, 6) is -10.4. The van der Waals surface area contributed by atoms with Crippen molar-refractivity contribution in [1.82, 2.24) is 0 Å². The number of carbonyl (C=O) groups is 9. The first-order valence-electron chi connectivity index (χ1n) is 24.2. The molecule has 0 rings (SSSR count). The first-order chi connectivity index (χ1) is 32.2. The Bertz CT molecular complexity index is 1520. The quantitative estimate of drug-likeness (QED) is 0.0327. The molecule has 0 saturated carbocycles. The Hall–Kier alpha value is -4.85. The van der Waals surface area contributed by atoms with Gasteiger partial charge in [-0.3, -0.25) is 28.8 Å². The van der Waals surface area contributed by atoms with Crippen molar-refractivity contribution in [2.75, 3.05) is 46.2 Å². The van der Waals surface area contributed by atoms with Gasteiger partial charge in [-0.15, -0.1) is 0 Å². The summed E-state index contributed by atoms with van der Waals surface area (Å²) in [5, 5.41) is 27.9. The maximum Gasteiger partial charge on any atom is 0.351 e. The van der Waals surface area contributed by atoms with E-state index in [1.165, 1.54) is 20.8 Å². The fourth-order valence-electron chi connectivity index (χ4n) is 6.82. The number of hydrogen-bond acceptors (Lipinski definition) is 18. The Kier molecular flexibility index (Phi) is 34.7. The molecule has 20 nitrogen and oxygen atoms in total. The normalized spacial score (nSPS) is 13.0. The summed E-state index contributed by atoms with van der Waals surface area (Å²) in [6.45, 7) is 17.0. The van der Waals surface area contributed by atoms with E-state index in [9.17, 15) is 48.3 Å². The number of hydrogen-bond donors (Lipinski definition) is 3. The molecule has 2 atom stereocenters. The second-order valence-electron chi connectivity index (χ2n) is 16.3. The van der Waals surface area contributed by atoms with Gasteiger partial charge in [0.15, 0.2) is 11.2 Å². The van der Waals surface area contributed by atoms with E-state index < -0.39 is 102 Å². The van der Waals surface area contributed by atoms with Crippen LogP contribution in [-0.2, 0) is 81.0 Å². The lowest BCUT2D eigenvalue weighted by molar-refractivity contribution is -0.215. The standard InChI is InChI=1S/C30H56O7.C18H26O13/c1-7-13-19-29(20-14-8-2,27(32)35-22-16-10-4)30(37-24-18-12-6,28(33)36-23-17-11-5)25-26(31)34-21-15-9-3;1-4-28-12(21)9-18(16(26)30-6-3,10-13(22)29-5-2)31-14(23)8-17(27,15(24)25)7-11(19)20/h7-25H2,1-6H3;27H,4-10H2,1-3H3,(H,19,20)(H,24,25). The summed E-state index contributed by atoms with van der Waals surface area (Å²) in [7, 11) is 0. The van der Waals surface area contributed by atoms with Gasteiger partial charge in [0.2, 0.25) is 5.60 Å². The third-order valence-electron chi connectivity index (χ3n) is 10.6. The molecule has 0 bridgehead atoms. The zero-order valence-corrected chi connectivity index (χ0v) is 42.2. The first kappa shape index (κ1) is 65.2. The van der Waals surface area contributed by atoms with Crippen LogP contribution in [0.1, 0.15) is 184 Å². The largest absolute Gasteiger partial charge is 0.481 e. The minimum Gasteiger partial charge on any atom is -0.481 e. The SMILES string of the molecule is CCCCOC(=O)CC(OCCCC)(C(=O)OCCCC)C(CCCC)(CCCC)C(=O)OCCCC.CCOC(=O)CC(CC(=O)OCC)(OC(=O)CC(O)(CC(=O)O)C(=O)O)C(=O)OCC. The molecule has 0 aromatic rings. The van der Waals surface area contributed by atoms with Gasteiger partial charge < -0.3 is 53.2 Å². The third-order valence-corrected chi connectivity index (χ3v) is 10.6. The zero-order chi connectivity index (χ0) is 52.2. The van der Waals surface area contributed by atoms with Crippen LogP contribution < -0.4 is 0 Å². The van der Waals surface area contributed by atoms with Crippen LogP contribution in [0.4, 0.5) is 0 Å². The van der Waals surface area contributed by atoms with Crippen molar-refractivity contribution in [1.29, 1.82) is 0 Å². The molecule has 0 aromatic heterocycles. The molecule has 0 saturated heterocycles. The number of carboxylic acids is 2. The monoisotopic (exact) mass is 979 g/mol. The number of carbonyl (C=O) groups excluding carboxylic acids is 7. The van der Waals surface area contributed by atoms with Crippen LogP contribution in [0.15, 0.2) is 0 Å². The molecule has 0 aliphatic rings. The number of rotatable bonds is 38. The van der Waals surface area contributed by atoms with Gasteiger partial charge in [0, 0.05) is 6.61 Å². The Morgan fingerprint density at radius 2 is 0.824 bits per heavy atom. The fraction of sp³-hybridized carbons (Fsp3) is 0.812. The first-order valence-corrected chi connectivity index (χ1v) is 24.2. The maximum atomic E-state index is 14.0. The van der Waals surface area contributed by atoms with E-state index in [-0.39, 0.29) is 52.7 Å². The van der Waals surface area contributed by atoms with E-state index in [2.05, 4.69) is 0 Å². The average molecular weight is 979 g/mol. The molecule has 0 radical (unpaired) electrons. The van der Waals surface area contributed by atoms with Gasteiger partial charge in [0.05, 0.1) is 71.7 Å². The minimum atomic E-state index is -3.07. The summed E-state index contributed by atoms with van der Waals surface area (Å²) in [6, 6.07) is 0. The highest BCUT2D eigenvalue weighted by Crippen LogP contribution is 2.49. The average Bonchev–Trinajstić information content (AvgIpc) is 3.26. The minimum absolute atomic E-state index is 0.109. The molecule has 0 aliphatic heterocycles. The molecule has 0 spiro atoms. The highest BCUT2D eigenvalue weighted by Gasteiger charge is 2.64. The van der Waals surface area contributed by atoms with Gasteiger partial charge in [-0.2, -0.15) is 0 Å². The second-order valence-corrected chi connectivity index (χ2v) is 16.3. The molecule has 68 heavy (non-hydrogen) atoms. The summed E-state index contributed by atoms with van der Waals surface area (Å²) in [5.41, 5.74) is -8.80. The van der Waals surface area contributed by atoms with Crippen LogP contribution in [0.5, 0.6) is 0 Å². The highest BCUT2D eigenvalue weighted by molar-refractivity contribution is 5.95. The number of ether oxygens (including phenoxy) is 8. The van der Waals surface area contributed by atoms with Crippen molar-refractivity contribution in [3.8, 4) is 0 Å². The van der Waals surface area contributed by atoms with Crippen LogP contribution in [-0.4, -0.2) is 132 Å². The molecule has 20 heteroatoms. The summed E-state index contributed by atoms with van der Waals surface area (Å²) in [4.78, 5) is 112. The summed E-state index contributed by atoms with van der Waals surface area (Å²) < 4.78 is 42.8. The number of esters is 7. The molecule has 2 unspecified atom stereocenters. The molecule has 3 N–H and O–H groups in total. The molecule has 0 heterocycles. The molecule has 0 fully saturated rings. The van der Waals surface area contributed by atoms with Crippen molar-refractivity contribution < 1.29 is 96.4 Å². The van der Waals surface area contributed by atoms with Crippen molar-refractivity contribution in [3.05, 3.63) is 0 Å². The highest BCUT2D eigenvalue weighted by atomic mass is 16.6. The van der Waals surface area contributed by atoms with Crippen molar-refractivity contribution in [2.24, 2.45) is 5.41 Å². The Morgan fingerprint density at radius 3 is 1.24 bits per heavy atom. The smallest absolute Gasteiger partial charge is 0.351 e. The molecule has 0 aliphatic carbocycles. The van der Waals surface area contributed by atoms with E-state index in [4.69, 9.17) is 48.1 Å². The molecular formula is C48H82O20. The maximum absolute atomic E-state index is 14.0. The number of aliphatic hydroxyl groups is 1. The van der Waals surface area contributed by atoms with E-state index in [0.717, 1.165) is 51.4 Å². The Balaban J connectivity index is 0. The number of unbranched alkanes of at least 4 members (excludes halogenated alkanes) is 6. The van der Waals surface area contributed by atoms with E-state index in [1.807, 2.05) is 41.5 Å². The summed E-state index contributed by atoms with van der Waals surface area (Å²) >= 11 is 0. The Morgan fingerprint density at radius 1 is 0.412 bits per heavy atom. The molecular weight excluding hydrogens is 897 g/mol. The van der Waals surface area contributed by atoms with Gasteiger partial charge in [-0.1, -0.05) is 92.9 Å². The van der Waals surface area contributed by atoms with E-state index in [0.29, 0.717) is 38.5 Å². The molecule has 394 valence electrons. The van der Waals surface area contributed by atoms with Gasteiger partial charge in [-0.25, -0.2) is 14.4 Å². The molecule has 0 amide bonds. The summed E-state index contributed by atoms with van der Waals surface area (Å²) in [6.07, 6.45) is 5.02. The van der Waals surface area contributed by atoms with E-state index in [1.54, 1.807) is 0 Å². The van der Waals surface area contributed by atoms with Crippen LogP contribution in [0.25, 0.3) is 0 Å². The lowest BCUT2D eigenvalue weighted by Gasteiger charge is -2.46. The van der Waals surface area contributed by atoms with Gasteiger partial charge in [-0.05, 0) is 59.3 Å². The lowest BCUT2D eigenvalue weighted by Crippen LogP contribution is -2.62. The zero-order valence-electron chi connectivity index (χ0n) is 42.2. The lowest BCUT2D eigenvalue weighted by atomic mass is 9.63. The van der Waals surface area contributed by atoms with Crippen LogP contribution >= 0.6 is 0 Å². The number of carboxylic acid groups (broad SMARTS) is 2. The fourth-order valence-corrected chi connectivity index (χ4v) is 6.82. The number of aliphatic carboxylic acids is 2. The van der Waals surface area contributed by atoms with E-state index >= 15 is 0 Å². The second kappa shape index (κ2) is 36.2. The van der Waals surface area contributed by atoms with Crippen molar-refractivity contribution >= 4 is 53.7 Å². The van der Waals surface area contributed by atoms with Crippen molar-refractivity contribution in [2.45, 2.75) is 201 Å². The van der Waals surface area contributed by atoms with Gasteiger partial charge in [0.1, 0.15) is 5.41 Å². The van der Waals surface area contributed by atoms with Crippen LogP contribution in [0, 0.1) is 5.41 Å². The van der Waals surface area contributed by atoms with Crippen molar-refractivity contribution in [3.63, 3.8) is 0 Å².